The number of aryl methyl sites for hydroxylation is 4. The Morgan fingerprint density at radius 1 is 0.686 bits per heavy atom. The van der Waals surface area contributed by atoms with Crippen molar-refractivity contribution in [2.75, 3.05) is 6.61 Å². The summed E-state index contributed by atoms with van der Waals surface area (Å²) in [7, 11) is 0. The topological polar surface area (TPSA) is 9.23 Å². The summed E-state index contributed by atoms with van der Waals surface area (Å²) in [5.74, 6) is -1.77. The van der Waals surface area contributed by atoms with Gasteiger partial charge in [-0.15, -0.1) is 0 Å². The minimum atomic E-state index is -0.825. The zero-order chi connectivity index (χ0) is 24.9. The monoisotopic (exact) mass is 500 g/mol. The molecule has 0 saturated heterocycles. The third-order valence-corrected chi connectivity index (χ3v) is 6.37. The molecule has 0 N–H and O–H groups in total. The quantitative estimate of drug-likeness (QED) is 0.165. The first-order chi connectivity index (χ1) is 16.9. The predicted molar refractivity (Wildman–Crippen MR) is 132 cm³/mol. The Hall–Kier alpha value is -3.05. The smallest absolute Gasteiger partial charge is 0.145 e. The molecule has 6 heteroatoms. The Bertz CT molecular complexity index is 1330. The molecule has 4 aromatic rings. The van der Waals surface area contributed by atoms with E-state index in [1.807, 2.05) is 25.1 Å². The van der Waals surface area contributed by atoms with E-state index in [2.05, 4.69) is 0 Å². The molecule has 0 atom stereocenters. The van der Waals surface area contributed by atoms with E-state index >= 15 is 4.39 Å². The van der Waals surface area contributed by atoms with Crippen LogP contribution in [0.15, 0.2) is 60.7 Å². The van der Waals surface area contributed by atoms with Crippen LogP contribution in [0.2, 0.25) is 5.02 Å². The van der Waals surface area contributed by atoms with Gasteiger partial charge in [-0.1, -0.05) is 54.9 Å². The molecule has 182 valence electrons. The summed E-state index contributed by atoms with van der Waals surface area (Å²) in [5.41, 5.74) is 2.46. The number of rotatable bonds is 9. The first kappa shape index (κ1) is 25.1. The molecule has 0 bridgehead atoms. The molecule has 1 nitrogen and oxygen atoms in total. The summed E-state index contributed by atoms with van der Waals surface area (Å²) < 4.78 is 62.4. The molecule has 4 rings (SSSR count). The van der Waals surface area contributed by atoms with Gasteiger partial charge in [-0.2, -0.15) is 0 Å². The van der Waals surface area contributed by atoms with Gasteiger partial charge in [-0.3, -0.25) is 0 Å². The molecule has 35 heavy (non-hydrogen) atoms. The van der Waals surface area contributed by atoms with Crippen LogP contribution in [-0.4, -0.2) is 6.61 Å². The largest absolute Gasteiger partial charge is 0.494 e. The molecule has 0 aliphatic heterocycles. The minimum Gasteiger partial charge on any atom is -0.494 e. The molecule has 0 spiro atoms. The van der Waals surface area contributed by atoms with Crippen molar-refractivity contribution in [1.29, 1.82) is 0 Å². The fourth-order valence-corrected chi connectivity index (χ4v) is 4.20. The van der Waals surface area contributed by atoms with Gasteiger partial charge in [0.05, 0.1) is 6.61 Å². The summed E-state index contributed by atoms with van der Waals surface area (Å²) in [6.45, 7) is 2.54. The fourth-order valence-electron chi connectivity index (χ4n) is 4.09. The molecule has 0 aliphatic carbocycles. The summed E-state index contributed by atoms with van der Waals surface area (Å²) in [4.78, 5) is 0. The van der Waals surface area contributed by atoms with Gasteiger partial charge in [-0.25, -0.2) is 17.6 Å². The lowest BCUT2D eigenvalue weighted by Crippen LogP contribution is -1.99. The zero-order valence-electron chi connectivity index (χ0n) is 19.3. The lowest BCUT2D eigenvalue weighted by Gasteiger charge is -2.10. The van der Waals surface area contributed by atoms with Gasteiger partial charge in [0.1, 0.15) is 34.0 Å². The Morgan fingerprint density at radius 3 is 2.09 bits per heavy atom. The van der Waals surface area contributed by atoms with Gasteiger partial charge in [0, 0.05) is 11.5 Å². The van der Waals surface area contributed by atoms with E-state index in [0.717, 1.165) is 17.4 Å². The second-order valence-electron chi connectivity index (χ2n) is 8.57. The van der Waals surface area contributed by atoms with Crippen LogP contribution in [0, 0.1) is 23.3 Å². The van der Waals surface area contributed by atoms with Gasteiger partial charge < -0.3 is 4.74 Å². The highest BCUT2D eigenvalue weighted by Crippen LogP contribution is 2.26. The molecule has 0 aromatic heterocycles. The van der Waals surface area contributed by atoms with Gasteiger partial charge in [-0.05, 0) is 77.9 Å². The van der Waals surface area contributed by atoms with E-state index in [9.17, 15) is 13.2 Å². The summed E-state index contributed by atoms with van der Waals surface area (Å²) in [5, 5.41) is 0.682. The number of fused-ring (bicyclic) bond motifs is 1. The van der Waals surface area contributed by atoms with Crippen LogP contribution in [0.1, 0.15) is 35.6 Å². The van der Waals surface area contributed by atoms with E-state index in [4.69, 9.17) is 16.3 Å². The molecular weight excluding hydrogens is 476 g/mol. The third-order valence-electron chi connectivity index (χ3n) is 6.01. The second kappa shape index (κ2) is 11.1. The molecular formula is C29H25ClF4O. The average Bonchev–Trinajstić information content (AvgIpc) is 2.85. The fraction of sp³-hybridized carbons (Fsp3) is 0.241. The van der Waals surface area contributed by atoms with Crippen LogP contribution >= 0.6 is 11.6 Å². The highest BCUT2D eigenvalue weighted by molar-refractivity contribution is 6.30. The van der Waals surface area contributed by atoms with Crippen molar-refractivity contribution in [2.24, 2.45) is 0 Å². The van der Waals surface area contributed by atoms with Crippen LogP contribution in [0.5, 0.6) is 5.75 Å². The number of hydrogen-bond donors (Lipinski definition) is 0. The second-order valence-corrected chi connectivity index (χ2v) is 8.95. The normalized spacial score (nSPS) is 11.3. The SMILES string of the molecule is CCCOc1ccc(CCc2ccc3c(F)c(CCc4cc(F)c(Cl)c(F)c4)ccc3c2)c(F)c1. The lowest BCUT2D eigenvalue weighted by atomic mass is 9.97. The molecule has 0 aliphatic rings. The van der Waals surface area contributed by atoms with Crippen molar-refractivity contribution < 1.29 is 22.3 Å². The van der Waals surface area contributed by atoms with E-state index in [1.165, 1.54) is 18.2 Å². The lowest BCUT2D eigenvalue weighted by molar-refractivity contribution is 0.315. The van der Waals surface area contributed by atoms with Crippen molar-refractivity contribution in [3.05, 3.63) is 111 Å². The van der Waals surface area contributed by atoms with Crippen molar-refractivity contribution >= 4 is 22.4 Å². The van der Waals surface area contributed by atoms with Crippen LogP contribution in [0.3, 0.4) is 0 Å². The summed E-state index contributed by atoms with van der Waals surface area (Å²) >= 11 is 5.52. The summed E-state index contributed by atoms with van der Waals surface area (Å²) in [6, 6.07) is 16.3. The standard InChI is InChI=1S/C29H25ClF4O/c1-2-13-35-23-11-10-20(25(31)17-23)6-3-18-5-12-24-22(14-18)9-8-21(29(24)34)7-4-19-15-26(32)28(30)27(33)16-19/h5,8-12,14-17H,2-4,6-7,13H2,1H3. The van der Waals surface area contributed by atoms with Crippen LogP contribution in [0.25, 0.3) is 10.8 Å². The predicted octanol–water partition coefficient (Wildman–Crippen LogP) is 8.41. The van der Waals surface area contributed by atoms with Crippen molar-refractivity contribution in [3.8, 4) is 5.75 Å². The van der Waals surface area contributed by atoms with Gasteiger partial charge in [0.15, 0.2) is 0 Å². The van der Waals surface area contributed by atoms with Crippen LogP contribution in [0.4, 0.5) is 17.6 Å². The average molecular weight is 501 g/mol. The molecule has 0 saturated carbocycles. The van der Waals surface area contributed by atoms with E-state index in [-0.39, 0.29) is 18.1 Å². The number of ether oxygens (including phenoxy) is 1. The van der Waals surface area contributed by atoms with Gasteiger partial charge >= 0.3 is 0 Å². The van der Waals surface area contributed by atoms with E-state index in [0.29, 0.717) is 53.7 Å². The highest BCUT2D eigenvalue weighted by Gasteiger charge is 2.12. The first-order valence-corrected chi connectivity index (χ1v) is 12.0. The summed E-state index contributed by atoms with van der Waals surface area (Å²) in [6.07, 6.45) is 2.55. The Labute approximate surface area is 207 Å². The van der Waals surface area contributed by atoms with Gasteiger partial charge in [0.25, 0.3) is 0 Å². The van der Waals surface area contributed by atoms with Gasteiger partial charge in [0.2, 0.25) is 0 Å². The van der Waals surface area contributed by atoms with E-state index in [1.54, 1.807) is 24.3 Å². The number of benzene rings is 4. The Balaban J connectivity index is 1.44. The maximum Gasteiger partial charge on any atom is 0.145 e. The van der Waals surface area contributed by atoms with Crippen molar-refractivity contribution in [3.63, 3.8) is 0 Å². The van der Waals surface area contributed by atoms with E-state index < -0.39 is 16.7 Å². The molecule has 0 heterocycles. The van der Waals surface area contributed by atoms with Crippen LogP contribution < -0.4 is 4.74 Å². The minimum absolute atomic E-state index is 0.277. The molecule has 0 radical (unpaired) electrons. The third kappa shape index (κ3) is 5.96. The molecule has 0 unspecified atom stereocenters. The molecule has 0 fully saturated rings. The first-order valence-electron chi connectivity index (χ1n) is 11.6. The zero-order valence-corrected chi connectivity index (χ0v) is 20.1. The van der Waals surface area contributed by atoms with Crippen molar-refractivity contribution in [1.82, 2.24) is 0 Å². The number of hydrogen-bond acceptors (Lipinski definition) is 1. The maximum atomic E-state index is 15.1. The molecule has 0 amide bonds. The number of halogens is 5. The highest BCUT2D eigenvalue weighted by atomic mass is 35.5. The Morgan fingerprint density at radius 2 is 1.37 bits per heavy atom. The van der Waals surface area contributed by atoms with Crippen LogP contribution in [-0.2, 0) is 25.7 Å². The van der Waals surface area contributed by atoms with Crippen molar-refractivity contribution in [2.45, 2.75) is 39.0 Å². The Kier molecular flexibility index (Phi) is 7.97. The maximum absolute atomic E-state index is 15.1. The molecule has 4 aromatic carbocycles.